The van der Waals surface area contributed by atoms with E-state index < -0.39 is 0 Å². The fourth-order valence-electron chi connectivity index (χ4n) is 2.10. The Kier molecular flexibility index (Phi) is 3.90. The Balaban J connectivity index is 1.70. The van der Waals surface area contributed by atoms with E-state index in [2.05, 4.69) is 25.8 Å². The Morgan fingerprint density at radius 3 is 3.00 bits per heavy atom. The predicted octanol–water partition coefficient (Wildman–Crippen LogP) is 0.149. The van der Waals surface area contributed by atoms with E-state index in [4.69, 9.17) is 0 Å². The first-order valence-corrected chi connectivity index (χ1v) is 6.80. The fourth-order valence-corrected chi connectivity index (χ4v) is 2.10. The second-order valence-corrected chi connectivity index (χ2v) is 4.73. The van der Waals surface area contributed by atoms with Crippen LogP contribution in [0.3, 0.4) is 0 Å². The number of amides is 2. The molecule has 0 spiro atoms. The van der Waals surface area contributed by atoms with Crippen LogP contribution in [0, 0.1) is 0 Å². The highest BCUT2D eigenvalue weighted by Crippen LogP contribution is 2.10. The number of rotatable bonds is 4. The lowest BCUT2D eigenvalue weighted by atomic mass is 10.1. The first-order valence-electron chi connectivity index (χ1n) is 6.80. The van der Waals surface area contributed by atoms with Gasteiger partial charge in [-0.3, -0.25) is 14.2 Å². The van der Waals surface area contributed by atoms with Crippen LogP contribution in [0.1, 0.15) is 18.4 Å². The van der Waals surface area contributed by atoms with E-state index in [0.29, 0.717) is 24.5 Å². The Labute approximate surface area is 126 Å². The van der Waals surface area contributed by atoms with Gasteiger partial charge in [0.2, 0.25) is 5.91 Å². The molecular formula is C14H14N6O2. The Morgan fingerprint density at radius 2 is 2.27 bits per heavy atom. The largest absolute Gasteiger partial charge is 0.347 e. The molecule has 22 heavy (non-hydrogen) atoms. The summed E-state index contributed by atoms with van der Waals surface area (Å²) in [6.45, 7) is 0.313. The molecule has 0 unspecified atom stereocenters. The minimum absolute atomic E-state index is 0.175. The van der Waals surface area contributed by atoms with Crippen molar-refractivity contribution >= 4 is 17.5 Å². The van der Waals surface area contributed by atoms with Gasteiger partial charge in [-0.15, -0.1) is 0 Å². The van der Waals surface area contributed by atoms with Gasteiger partial charge < -0.3 is 5.32 Å². The van der Waals surface area contributed by atoms with Crippen LogP contribution in [0.2, 0.25) is 0 Å². The number of hydrogen-bond donors (Lipinski definition) is 2. The lowest BCUT2D eigenvalue weighted by molar-refractivity contribution is -0.121. The molecule has 0 aliphatic carbocycles. The van der Waals surface area contributed by atoms with E-state index in [9.17, 15) is 9.59 Å². The van der Waals surface area contributed by atoms with Gasteiger partial charge in [0.1, 0.15) is 17.9 Å². The third kappa shape index (κ3) is 3.00. The van der Waals surface area contributed by atoms with Crippen molar-refractivity contribution in [1.82, 2.24) is 25.3 Å². The molecule has 0 saturated carbocycles. The monoisotopic (exact) mass is 298 g/mol. The number of nitrogens with one attached hydrogen (secondary N) is 2. The highest BCUT2D eigenvalue weighted by atomic mass is 16.2. The second kappa shape index (κ2) is 6.17. The molecule has 2 aromatic heterocycles. The summed E-state index contributed by atoms with van der Waals surface area (Å²) in [7, 11) is 0. The first kappa shape index (κ1) is 13.9. The summed E-state index contributed by atoms with van der Waals surface area (Å²) >= 11 is 0. The van der Waals surface area contributed by atoms with Crippen LogP contribution in [0.4, 0.5) is 0 Å². The van der Waals surface area contributed by atoms with E-state index in [1.807, 2.05) is 6.07 Å². The molecule has 2 N–H and O–H groups in total. The molecule has 1 aliphatic rings. The van der Waals surface area contributed by atoms with Gasteiger partial charge in [0.05, 0.1) is 0 Å². The topological polar surface area (TPSA) is 101 Å². The average molecular weight is 298 g/mol. The summed E-state index contributed by atoms with van der Waals surface area (Å²) in [6.07, 6.45) is 7.40. The van der Waals surface area contributed by atoms with Crippen molar-refractivity contribution in [3.63, 3.8) is 0 Å². The molecule has 112 valence electrons. The zero-order chi connectivity index (χ0) is 15.4. The maximum absolute atomic E-state index is 12.0. The summed E-state index contributed by atoms with van der Waals surface area (Å²) in [5.41, 5.74) is 3.49. The molecule has 2 aromatic rings. The lowest BCUT2D eigenvalue weighted by Crippen LogP contribution is -2.36. The molecular weight excluding hydrogens is 284 g/mol. The lowest BCUT2D eigenvalue weighted by Gasteiger charge is -2.13. The molecule has 0 radical (unpaired) electrons. The molecule has 2 amide bonds. The summed E-state index contributed by atoms with van der Waals surface area (Å²) in [6, 6.07) is 3.69. The van der Waals surface area contributed by atoms with Gasteiger partial charge >= 0.3 is 0 Å². The molecule has 0 bridgehead atoms. The third-order valence-electron chi connectivity index (χ3n) is 3.22. The number of hydrazone groups is 1. The summed E-state index contributed by atoms with van der Waals surface area (Å²) in [5, 5.41) is 6.56. The Hall–Kier alpha value is -3.03. The van der Waals surface area contributed by atoms with Crippen LogP contribution in [0.15, 0.2) is 42.2 Å². The number of nitrogens with zero attached hydrogens (tertiary/aromatic N) is 4. The first-order chi connectivity index (χ1) is 10.7. The number of carbonyl (C=O) groups excluding carboxylic acids is 2. The van der Waals surface area contributed by atoms with Crippen LogP contribution < -0.4 is 10.7 Å². The molecule has 8 heteroatoms. The standard InChI is InChI=1S/C14H14N6O2/c21-12-4-3-11(18-19-12)14(22)17-8-10-2-1-5-16-13(10)20-7-6-15-9-20/h1-2,5-7,9H,3-4,8H2,(H,17,22)(H,19,21). The van der Waals surface area contributed by atoms with Gasteiger partial charge in [-0.2, -0.15) is 5.10 Å². The number of pyridine rings is 1. The van der Waals surface area contributed by atoms with Crippen molar-refractivity contribution in [3.8, 4) is 5.82 Å². The predicted molar refractivity (Wildman–Crippen MR) is 78.0 cm³/mol. The Morgan fingerprint density at radius 1 is 1.36 bits per heavy atom. The van der Waals surface area contributed by atoms with Crippen molar-refractivity contribution in [3.05, 3.63) is 42.6 Å². The highest BCUT2D eigenvalue weighted by Gasteiger charge is 2.18. The number of imidazole rings is 1. The summed E-state index contributed by atoms with van der Waals surface area (Å²) in [5.74, 6) is 0.242. The molecule has 1 aliphatic heterocycles. The average Bonchev–Trinajstić information content (AvgIpc) is 3.08. The third-order valence-corrected chi connectivity index (χ3v) is 3.22. The van der Waals surface area contributed by atoms with Crippen molar-refractivity contribution < 1.29 is 9.59 Å². The number of carbonyl (C=O) groups is 2. The smallest absolute Gasteiger partial charge is 0.267 e. The minimum atomic E-state index is -0.291. The number of aromatic nitrogens is 3. The highest BCUT2D eigenvalue weighted by molar-refractivity contribution is 6.39. The summed E-state index contributed by atoms with van der Waals surface area (Å²) in [4.78, 5) is 31.4. The van der Waals surface area contributed by atoms with Crippen molar-refractivity contribution in [2.45, 2.75) is 19.4 Å². The zero-order valence-corrected chi connectivity index (χ0v) is 11.7. The van der Waals surface area contributed by atoms with Gasteiger partial charge in [0, 0.05) is 43.5 Å². The molecule has 0 atom stereocenters. The maximum Gasteiger partial charge on any atom is 0.267 e. The number of hydrogen-bond acceptors (Lipinski definition) is 5. The van der Waals surface area contributed by atoms with Crippen molar-refractivity contribution in [2.24, 2.45) is 5.10 Å². The van der Waals surface area contributed by atoms with E-state index in [-0.39, 0.29) is 18.2 Å². The molecule has 0 aromatic carbocycles. The van der Waals surface area contributed by atoms with Crippen molar-refractivity contribution in [2.75, 3.05) is 0 Å². The molecule has 0 fully saturated rings. The van der Waals surface area contributed by atoms with Crippen LogP contribution in [-0.2, 0) is 16.1 Å². The van der Waals surface area contributed by atoms with Gasteiger partial charge in [-0.1, -0.05) is 6.07 Å². The maximum atomic E-state index is 12.0. The molecule has 3 rings (SSSR count). The van der Waals surface area contributed by atoms with Gasteiger partial charge in [-0.05, 0) is 6.07 Å². The quantitative estimate of drug-likeness (QED) is 0.839. The SMILES string of the molecule is O=C1CCC(C(=O)NCc2cccnc2-n2ccnc2)=NN1. The minimum Gasteiger partial charge on any atom is -0.347 e. The van der Waals surface area contributed by atoms with Crippen molar-refractivity contribution in [1.29, 1.82) is 0 Å². The Bertz CT molecular complexity index is 723. The summed E-state index contributed by atoms with van der Waals surface area (Å²) < 4.78 is 1.78. The molecule has 0 saturated heterocycles. The van der Waals surface area contributed by atoms with Gasteiger partial charge in [-0.25, -0.2) is 15.4 Å². The van der Waals surface area contributed by atoms with Crippen LogP contribution >= 0.6 is 0 Å². The van der Waals surface area contributed by atoms with E-state index >= 15 is 0 Å². The fraction of sp³-hybridized carbons (Fsp3) is 0.214. The normalized spacial score (nSPS) is 14.2. The van der Waals surface area contributed by atoms with Gasteiger partial charge in [0.25, 0.3) is 5.91 Å². The van der Waals surface area contributed by atoms with Crippen LogP contribution in [-0.4, -0.2) is 32.1 Å². The van der Waals surface area contributed by atoms with Gasteiger partial charge in [0.15, 0.2) is 0 Å². The van der Waals surface area contributed by atoms with Crippen LogP contribution in [0.25, 0.3) is 5.82 Å². The van der Waals surface area contributed by atoms with E-state index in [1.165, 1.54) is 0 Å². The second-order valence-electron chi connectivity index (χ2n) is 4.73. The molecule has 3 heterocycles. The molecule has 8 nitrogen and oxygen atoms in total. The van der Waals surface area contributed by atoms with E-state index in [0.717, 1.165) is 5.56 Å². The van der Waals surface area contributed by atoms with E-state index in [1.54, 1.807) is 35.6 Å². The van der Waals surface area contributed by atoms with Crippen LogP contribution in [0.5, 0.6) is 0 Å². The zero-order valence-electron chi connectivity index (χ0n) is 11.7.